The van der Waals surface area contributed by atoms with Crippen molar-refractivity contribution in [1.29, 1.82) is 0 Å². The quantitative estimate of drug-likeness (QED) is 0.742. The van der Waals surface area contributed by atoms with Crippen LogP contribution in [0.25, 0.3) is 0 Å². The highest BCUT2D eigenvalue weighted by Gasteiger charge is 2.34. The topological polar surface area (TPSA) is 24.5 Å². The normalized spacial score (nSPS) is 44.8. The highest BCUT2D eigenvalue weighted by Crippen LogP contribution is 2.27. The predicted molar refractivity (Wildman–Crippen MR) is 59.9 cm³/mol. The second kappa shape index (κ2) is 4.40. The van der Waals surface area contributed by atoms with E-state index >= 15 is 0 Å². The number of hydrogen-bond donors (Lipinski definition) is 1. The van der Waals surface area contributed by atoms with E-state index in [2.05, 4.69) is 10.2 Å². The molecule has 3 heterocycles. The van der Waals surface area contributed by atoms with Crippen molar-refractivity contribution in [2.75, 3.05) is 39.4 Å². The first-order valence-electron chi connectivity index (χ1n) is 6.45. The average molecular weight is 210 g/mol. The van der Waals surface area contributed by atoms with Gasteiger partial charge in [0.15, 0.2) is 0 Å². The Kier molecular flexibility index (Phi) is 2.95. The van der Waals surface area contributed by atoms with Crippen LogP contribution in [-0.2, 0) is 4.74 Å². The fraction of sp³-hybridized carbons (Fsp3) is 1.00. The standard InChI is InChI=1S/C12H22N2O/c1-4-14-5-2-12(11(1)8-14)13-7-10-3-6-15-9-10/h10-13H,1-9H2. The molecule has 3 heteroatoms. The smallest absolute Gasteiger partial charge is 0.0507 e. The summed E-state index contributed by atoms with van der Waals surface area (Å²) in [5.41, 5.74) is 0. The lowest BCUT2D eigenvalue weighted by atomic mass is 9.93. The molecule has 0 amide bonds. The van der Waals surface area contributed by atoms with Gasteiger partial charge in [-0.1, -0.05) is 0 Å². The van der Waals surface area contributed by atoms with Gasteiger partial charge in [0.2, 0.25) is 0 Å². The van der Waals surface area contributed by atoms with Gasteiger partial charge < -0.3 is 15.0 Å². The van der Waals surface area contributed by atoms with Crippen molar-refractivity contribution in [2.24, 2.45) is 11.8 Å². The molecule has 86 valence electrons. The van der Waals surface area contributed by atoms with E-state index < -0.39 is 0 Å². The van der Waals surface area contributed by atoms with Gasteiger partial charge in [-0.2, -0.15) is 0 Å². The fourth-order valence-corrected chi connectivity index (χ4v) is 3.28. The van der Waals surface area contributed by atoms with E-state index in [0.29, 0.717) is 0 Å². The van der Waals surface area contributed by atoms with E-state index in [1.165, 1.54) is 45.4 Å². The first-order chi connectivity index (χ1) is 7.42. The molecule has 0 aromatic rings. The lowest BCUT2D eigenvalue weighted by Gasteiger charge is -2.31. The van der Waals surface area contributed by atoms with Crippen LogP contribution in [0.5, 0.6) is 0 Å². The Balaban J connectivity index is 1.46. The predicted octanol–water partition coefficient (Wildman–Crippen LogP) is 0.707. The molecule has 3 fully saturated rings. The molecular formula is C12H22N2O. The molecular weight excluding hydrogens is 188 g/mol. The second-order valence-corrected chi connectivity index (χ2v) is 5.38. The van der Waals surface area contributed by atoms with Gasteiger partial charge in [-0.3, -0.25) is 0 Å². The number of rotatable bonds is 3. The van der Waals surface area contributed by atoms with E-state index in [1.54, 1.807) is 0 Å². The van der Waals surface area contributed by atoms with Crippen LogP contribution in [0.2, 0.25) is 0 Å². The van der Waals surface area contributed by atoms with Gasteiger partial charge in [-0.15, -0.1) is 0 Å². The van der Waals surface area contributed by atoms with E-state index in [1.807, 2.05) is 0 Å². The zero-order valence-electron chi connectivity index (χ0n) is 9.45. The molecule has 4 atom stereocenters. The number of fused-ring (bicyclic) bond motifs is 2. The van der Waals surface area contributed by atoms with Gasteiger partial charge in [0.25, 0.3) is 0 Å². The molecule has 15 heavy (non-hydrogen) atoms. The largest absolute Gasteiger partial charge is 0.381 e. The summed E-state index contributed by atoms with van der Waals surface area (Å²) in [5, 5.41) is 3.78. The van der Waals surface area contributed by atoms with Gasteiger partial charge in [-0.25, -0.2) is 0 Å². The third-order valence-electron chi connectivity index (χ3n) is 4.33. The summed E-state index contributed by atoms with van der Waals surface area (Å²) in [6.07, 6.45) is 4.04. The molecule has 0 spiro atoms. The van der Waals surface area contributed by atoms with Gasteiger partial charge in [-0.05, 0) is 44.2 Å². The van der Waals surface area contributed by atoms with Crippen molar-refractivity contribution in [2.45, 2.75) is 25.3 Å². The summed E-state index contributed by atoms with van der Waals surface area (Å²) in [6.45, 7) is 7.15. The molecule has 0 aliphatic carbocycles. The van der Waals surface area contributed by atoms with E-state index in [4.69, 9.17) is 4.74 Å². The van der Waals surface area contributed by atoms with Crippen LogP contribution in [0.3, 0.4) is 0 Å². The monoisotopic (exact) mass is 210 g/mol. The third kappa shape index (κ3) is 2.19. The van der Waals surface area contributed by atoms with Crippen LogP contribution in [0.4, 0.5) is 0 Å². The first kappa shape index (κ1) is 10.1. The van der Waals surface area contributed by atoms with Crippen LogP contribution in [0, 0.1) is 11.8 Å². The second-order valence-electron chi connectivity index (χ2n) is 5.38. The Morgan fingerprint density at radius 2 is 2.13 bits per heavy atom. The van der Waals surface area contributed by atoms with Crippen molar-refractivity contribution in [3.05, 3.63) is 0 Å². The molecule has 4 unspecified atom stereocenters. The van der Waals surface area contributed by atoms with Crippen LogP contribution in [0.15, 0.2) is 0 Å². The maximum absolute atomic E-state index is 5.41. The molecule has 0 aromatic heterocycles. The number of nitrogens with zero attached hydrogens (tertiary/aromatic N) is 1. The average Bonchev–Trinajstić information content (AvgIpc) is 2.88. The van der Waals surface area contributed by atoms with Crippen LogP contribution in [-0.4, -0.2) is 50.3 Å². The summed E-state index contributed by atoms with van der Waals surface area (Å²) in [7, 11) is 0. The minimum Gasteiger partial charge on any atom is -0.381 e. The van der Waals surface area contributed by atoms with Crippen molar-refractivity contribution in [3.63, 3.8) is 0 Å². The number of nitrogens with one attached hydrogen (secondary N) is 1. The Hall–Kier alpha value is -0.120. The van der Waals surface area contributed by atoms with E-state index in [9.17, 15) is 0 Å². The summed E-state index contributed by atoms with van der Waals surface area (Å²) in [4.78, 5) is 2.61. The highest BCUT2D eigenvalue weighted by atomic mass is 16.5. The Labute approximate surface area is 92.2 Å². The van der Waals surface area contributed by atoms with Crippen LogP contribution >= 0.6 is 0 Å². The van der Waals surface area contributed by atoms with Crippen molar-refractivity contribution < 1.29 is 4.74 Å². The summed E-state index contributed by atoms with van der Waals surface area (Å²) < 4.78 is 5.41. The lowest BCUT2D eigenvalue weighted by Crippen LogP contribution is -2.45. The van der Waals surface area contributed by atoms with Crippen LogP contribution < -0.4 is 5.32 Å². The molecule has 3 nitrogen and oxygen atoms in total. The minimum absolute atomic E-state index is 0.782. The lowest BCUT2D eigenvalue weighted by molar-refractivity contribution is 0.179. The summed E-state index contributed by atoms with van der Waals surface area (Å²) in [5.74, 6) is 1.71. The molecule has 0 saturated carbocycles. The zero-order chi connectivity index (χ0) is 10.1. The fourth-order valence-electron chi connectivity index (χ4n) is 3.28. The Morgan fingerprint density at radius 1 is 1.20 bits per heavy atom. The third-order valence-corrected chi connectivity index (χ3v) is 4.33. The maximum atomic E-state index is 5.41. The van der Waals surface area contributed by atoms with Gasteiger partial charge in [0, 0.05) is 25.7 Å². The molecule has 0 radical (unpaired) electrons. The van der Waals surface area contributed by atoms with Crippen LogP contribution in [0.1, 0.15) is 19.3 Å². The zero-order valence-corrected chi connectivity index (χ0v) is 9.45. The number of hydrogen-bond acceptors (Lipinski definition) is 3. The summed E-state index contributed by atoms with van der Waals surface area (Å²) >= 11 is 0. The molecule has 0 aromatic carbocycles. The Bertz CT molecular complexity index is 216. The van der Waals surface area contributed by atoms with Crippen molar-refractivity contribution >= 4 is 0 Å². The molecule has 3 aliphatic rings. The summed E-state index contributed by atoms with van der Waals surface area (Å²) in [6, 6.07) is 0.796. The maximum Gasteiger partial charge on any atom is 0.0507 e. The van der Waals surface area contributed by atoms with Gasteiger partial charge in [0.05, 0.1) is 6.61 Å². The first-order valence-corrected chi connectivity index (χ1v) is 6.45. The number of ether oxygens (including phenoxy) is 1. The number of piperidine rings is 1. The molecule has 3 aliphatic heterocycles. The Morgan fingerprint density at radius 3 is 3.00 bits per heavy atom. The SMILES string of the molecule is C1CC(CNC2CCN3CCC2C3)CO1. The minimum atomic E-state index is 0.782. The molecule has 3 saturated heterocycles. The van der Waals surface area contributed by atoms with Gasteiger partial charge in [0.1, 0.15) is 0 Å². The van der Waals surface area contributed by atoms with E-state index in [-0.39, 0.29) is 0 Å². The van der Waals surface area contributed by atoms with Gasteiger partial charge >= 0.3 is 0 Å². The van der Waals surface area contributed by atoms with E-state index in [0.717, 1.165) is 31.1 Å². The highest BCUT2D eigenvalue weighted by molar-refractivity contribution is 4.91. The van der Waals surface area contributed by atoms with Crippen molar-refractivity contribution in [3.8, 4) is 0 Å². The molecule has 1 N–H and O–H groups in total. The molecule has 2 bridgehead atoms. The van der Waals surface area contributed by atoms with Crippen molar-refractivity contribution in [1.82, 2.24) is 10.2 Å². The molecule has 3 rings (SSSR count).